The van der Waals surface area contributed by atoms with E-state index in [-0.39, 0.29) is 24.0 Å². The minimum atomic E-state index is -0.498. The van der Waals surface area contributed by atoms with Crippen molar-refractivity contribution in [2.75, 3.05) is 11.9 Å². The molecule has 0 aliphatic heterocycles. The number of aromatic amines is 1. The number of aromatic nitrogens is 2. The van der Waals surface area contributed by atoms with Crippen molar-refractivity contribution in [3.05, 3.63) is 38.1 Å². The number of hydrogen-bond donors (Lipinski definition) is 2. The molecule has 0 fully saturated rings. The first-order valence-electron chi connectivity index (χ1n) is 9.32. The van der Waals surface area contributed by atoms with Gasteiger partial charge < -0.3 is 15.0 Å². The van der Waals surface area contributed by atoms with Crippen LogP contribution < -0.4 is 10.9 Å². The van der Waals surface area contributed by atoms with Crippen molar-refractivity contribution < 1.29 is 14.3 Å². The van der Waals surface area contributed by atoms with E-state index in [1.54, 1.807) is 13.8 Å². The highest BCUT2D eigenvalue weighted by atomic mass is 32.2. The van der Waals surface area contributed by atoms with E-state index in [2.05, 4.69) is 15.3 Å². The molecule has 1 atom stereocenters. The summed E-state index contributed by atoms with van der Waals surface area (Å²) >= 11 is 2.63. The molecule has 3 rings (SSSR count). The predicted octanol–water partition coefficient (Wildman–Crippen LogP) is 3.18. The summed E-state index contributed by atoms with van der Waals surface area (Å²) in [4.78, 5) is 45.0. The Hall–Kier alpha value is -2.13. The van der Waals surface area contributed by atoms with E-state index < -0.39 is 5.25 Å². The molecular weight excluding hydrogens is 398 g/mol. The Morgan fingerprint density at radius 2 is 2.18 bits per heavy atom. The zero-order valence-electron chi connectivity index (χ0n) is 16.1. The molecule has 0 spiro atoms. The molecule has 2 aromatic heterocycles. The first kappa shape index (κ1) is 20.6. The summed E-state index contributed by atoms with van der Waals surface area (Å²) in [5, 5.41) is 3.34. The van der Waals surface area contributed by atoms with Crippen LogP contribution in [0.25, 0.3) is 0 Å². The van der Waals surface area contributed by atoms with Crippen LogP contribution in [0.1, 0.15) is 53.7 Å². The van der Waals surface area contributed by atoms with Crippen LogP contribution in [-0.2, 0) is 28.8 Å². The summed E-state index contributed by atoms with van der Waals surface area (Å²) in [6, 6.07) is 1.45. The average molecular weight is 422 g/mol. The SMILES string of the molecule is CCOC(=O)c1c(NC(=O)[C@H](C)Sc2nc(CC)cc(=O)[nH]2)sc2c1CCC2. The van der Waals surface area contributed by atoms with Gasteiger partial charge in [0.05, 0.1) is 17.4 Å². The quantitative estimate of drug-likeness (QED) is 0.405. The minimum Gasteiger partial charge on any atom is -0.462 e. The molecule has 0 saturated heterocycles. The summed E-state index contributed by atoms with van der Waals surface area (Å²) < 4.78 is 5.19. The molecule has 1 amide bonds. The molecule has 28 heavy (non-hydrogen) atoms. The van der Waals surface area contributed by atoms with Crippen molar-refractivity contribution in [2.45, 2.75) is 56.9 Å². The van der Waals surface area contributed by atoms with Crippen LogP contribution in [0.4, 0.5) is 5.00 Å². The lowest BCUT2D eigenvalue weighted by molar-refractivity contribution is -0.115. The first-order valence-corrected chi connectivity index (χ1v) is 11.0. The summed E-state index contributed by atoms with van der Waals surface area (Å²) in [6.07, 6.45) is 3.40. The molecule has 0 saturated carbocycles. The third-order valence-corrected chi connectivity index (χ3v) is 6.62. The fourth-order valence-corrected chi connectivity index (χ4v) is 5.18. The largest absolute Gasteiger partial charge is 0.462 e. The molecular formula is C19H23N3O4S2. The van der Waals surface area contributed by atoms with Gasteiger partial charge >= 0.3 is 5.97 Å². The fraction of sp³-hybridized carbons (Fsp3) is 0.474. The molecule has 9 heteroatoms. The van der Waals surface area contributed by atoms with E-state index in [4.69, 9.17) is 4.74 Å². The Morgan fingerprint density at radius 3 is 2.89 bits per heavy atom. The van der Waals surface area contributed by atoms with Crippen LogP contribution in [0.5, 0.6) is 0 Å². The lowest BCUT2D eigenvalue weighted by Crippen LogP contribution is -2.24. The highest BCUT2D eigenvalue weighted by Crippen LogP contribution is 2.39. The third kappa shape index (κ3) is 4.47. The van der Waals surface area contributed by atoms with Crippen molar-refractivity contribution in [3.8, 4) is 0 Å². The molecule has 7 nitrogen and oxygen atoms in total. The van der Waals surface area contributed by atoms with Crippen molar-refractivity contribution in [3.63, 3.8) is 0 Å². The maximum atomic E-state index is 12.7. The van der Waals surface area contributed by atoms with Gasteiger partial charge in [0.2, 0.25) is 5.91 Å². The second-order valence-electron chi connectivity index (χ2n) is 6.43. The summed E-state index contributed by atoms with van der Waals surface area (Å²) in [6.45, 7) is 5.71. The van der Waals surface area contributed by atoms with Crippen molar-refractivity contribution in [1.82, 2.24) is 9.97 Å². The van der Waals surface area contributed by atoms with Gasteiger partial charge in [-0.1, -0.05) is 18.7 Å². The fourth-order valence-electron chi connectivity index (χ4n) is 3.07. The zero-order valence-corrected chi connectivity index (χ0v) is 17.7. The number of hydrogen-bond acceptors (Lipinski definition) is 7. The summed E-state index contributed by atoms with van der Waals surface area (Å²) in [7, 11) is 0. The molecule has 0 radical (unpaired) electrons. The first-order chi connectivity index (χ1) is 13.4. The van der Waals surface area contributed by atoms with Gasteiger partial charge in [-0.3, -0.25) is 9.59 Å². The van der Waals surface area contributed by atoms with Gasteiger partial charge in [0.1, 0.15) is 5.00 Å². The van der Waals surface area contributed by atoms with Crippen LogP contribution in [0.15, 0.2) is 16.0 Å². The molecule has 1 aliphatic rings. The minimum absolute atomic E-state index is 0.235. The monoisotopic (exact) mass is 421 g/mol. The van der Waals surface area contributed by atoms with Gasteiger partial charge in [-0.15, -0.1) is 11.3 Å². The average Bonchev–Trinajstić information content (AvgIpc) is 3.21. The van der Waals surface area contributed by atoms with Crippen LogP contribution in [0, 0.1) is 0 Å². The summed E-state index contributed by atoms with van der Waals surface area (Å²) in [5.74, 6) is -0.640. The number of rotatable bonds is 7. The number of H-pyrrole nitrogens is 1. The standard InChI is InChI=1S/C19H23N3O4S2/c1-4-11-9-14(23)21-19(20-11)27-10(3)16(24)22-17-15(18(25)26-5-2)12-7-6-8-13(12)28-17/h9-10H,4-8H2,1-3H3,(H,22,24)(H,20,21,23)/t10-/m0/s1. The maximum Gasteiger partial charge on any atom is 0.341 e. The van der Waals surface area contributed by atoms with Gasteiger partial charge in [-0.25, -0.2) is 9.78 Å². The van der Waals surface area contributed by atoms with Crippen molar-refractivity contribution in [1.29, 1.82) is 0 Å². The number of nitrogens with one attached hydrogen (secondary N) is 2. The number of thioether (sulfide) groups is 1. The van der Waals surface area contributed by atoms with Gasteiger partial charge in [0, 0.05) is 16.6 Å². The van der Waals surface area contributed by atoms with Gasteiger partial charge in [0.25, 0.3) is 5.56 Å². The Kier molecular flexibility index (Phi) is 6.56. The number of anilines is 1. The van der Waals surface area contributed by atoms with Gasteiger partial charge in [-0.05, 0) is 45.1 Å². The lowest BCUT2D eigenvalue weighted by Gasteiger charge is -2.12. The number of thiophene rings is 1. The van der Waals surface area contributed by atoms with Crippen molar-refractivity contribution >= 4 is 40.0 Å². The number of amides is 1. The molecule has 0 bridgehead atoms. The number of fused-ring (bicyclic) bond motifs is 1. The van der Waals surface area contributed by atoms with E-state index in [1.807, 2.05) is 6.92 Å². The highest BCUT2D eigenvalue weighted by Gasteiger charge is 2.29. The highest BCUT2D eigenvalue weighted by molar-refractivity contribution is 8.00. The zero-order chi connectivity index (χ0) is 20.3. The van der Waals surface area contributed by atoms with Crippen molar-refractivity contribution in [2.24, 2.45) is 0 Å². The van der Waals surface area contributed by atoms with Crippen LogP contribution >= 0.6 is 23.1 Å². The summed E-state index contributed by atoms with van der Waals surface area (Å²) in [5.41, 5.74) is 1.93. The smallest absolute Gasteiger partial charge is 0.341 e. The topological polar surface area (TPSA) is 101 Å². The van der Waals surface area contributed by atoms with E-state index >= 15 is 0 Å². The number of carbonyl (C=O) groups excluding carboxylic acids is 2. The third-order valence-electron chi connectivity index (χ3n) is 4.43. The number of carbonyl (C=O) groups is 2. The molecule has 0 aromatic carbocycles. The second kappa shape index (κ2) is 8.91. The van der Waals surface area contributed by atoms with E-state index in [9.17, 15) is 14.4 Å². The molecule has 0 unspecified atom stereocenters. The number of aryl methyl sites for hydroxylation is 2. The maximum absolute atomic E-state index is 12.7. The molecule has 150 valence electrons. The lowest BCUT2D eigenvalue weighted by atomic mass is 10.1. The normalized spacial score (nSPS) is 13.8. The Balaban J connectivity index is 1.77. The van der Waals surface area contributed by atoms with Crippen LogP contribution in [0.3, 0.4) is 0 Å². The van der Waals surface area contributed by atoms with Gasteiger partial charge in [-0.2, -0.15) is 0 Å². The molecule has 1 aliphatic carbocycles. The van der Waals surface area contributed by atoms with Crippen LogP contribution in [-0.4, -0.2) is 33.7 Å². The number of esters is 1. The Morgan fingerprint density at radius 1 is 1.39 bits per heavy atom. The Labute approximate surface area is 171 Å². The predicted molar refractivity (Wildman–Crippen MR) is 110 cm³/mol. The van der Waals surface area contributed by atoms with E-state index in [0.29, 0.717) is 27.8 Å². The van der Waals surface area contributed by atoms with E-state index in [1.165, 1.54) is 29.2 Å². The van der Waals surface area contributed by atoms with Crippen LogP contribution in [0.2, 0.25) is 0 Å². The molecule has 2 aromatic rings. The van der Waals surface area contributed by atoms with E-state index in [0.717, 1.165) is 29.7 Å². The van der Waals surface area contributed by atoms with Gasteiger partial charge in [0.15, 0.2) is 5.16 Å². The molecule has 2 heterocycles. The number of ether oxygens (including phenoxy) is 1. The number of nitrogens with zero attached hydrogens (tertiary/aromatic N) is 1. The molecule has 2 N–H and O–H groups in total. The second-order valence-corrected chi connectivity index (χ2v) is 8.86. The Bertz CT molecular complexity index is 951.